The average Bonchev–Trinajstić information content (AvgIpc) is 3.16. The Labute approximate surface area is 172 Å². The number of fused-ring (bicyclic) bond motifs is 1. The molecule has 1 N–H and O–H groups in total. The molecule has 0 bridgehead atoms. The standard InChI is InChI=1S/C25H26N2O2/c1-29-18-21-5-4-7-23(15-21)25(28)26-16-19-9-11-20(12-10-19)17-27-14-13-22-6-2-3-8-24(22)27/h2-12,15H,13-14,16-18H2,1H3,(H,26,28). The molecule has 0 saturated heterocycles. The Bertz CT molecular complexity index is 982. The Kier molecular flexibility index (Phi) is 5.92. The van der Waals surface area contributed by atoms with Crippen LogP contribution in [0.3, 0.4) is 0 Å². The molecule has 1 aliphatic heterocycles. The number of carbonyl (C=O) groups excluding carboxylic acids is 1. The molecule has 0 aromatic heterocycles. The summed E-state index contributed by atoms with van der Waals surface area (Å²) in [6.45, 7) is 3.00. The van der Waals surface area contributed by atoms with Gasteiger partial charge in [0, 0.05) is 38.0 Å². The monoisotopic (exact) mass is 386 g/mol. The molecule has 0 atom stereocenters. The molecule has 1 aliphatic rings. The first kappa shape index (κ1) is 19.2. The van der Waals surface area contributed by atoms with Crippen molar-refractivity contribution in [1.82, 2.24) is 5.32 Å². The highest BCUT2D eigenvalue weighted by atomic mass is 16.5. The number of anilines is 1. The normalized spacial score (nSPS) is 12.7. The predicted octanol–water partition coefficient (Wildman–Crippen LogP) is 4.33. The molecule has 1 heterocycles. The highest BCUT2D eigenvalue weighted by Gasteiger charge is 2.18. The number of para-hydroxylation sites is 1. The van der Waals surface area contributed by atoms with Crippen LogP contribution in [0.4, 0.5) is 5.69 Å². The highest BCUT2D eigenvalue weighted by Crippen LogP contribution is 2.28. The summed E-state index contributed by atoms with van der Waals surface area (Å²) < 4.78 is 5.13. The van der Waals surface area contributed by atoms with Gasteiger partial charge in [-0.3, -0.25) is 4.79 Å². The van der Waals surface area contributed by atoms with Crippen LogP contribution in [0.5, 0.6) is 0 Å². The topological polar surface area (TPSA) is 41.6 Å². The third-order valence-electron chi connectivity index (χ3n) is 5.33. The molecular formula is C25H26N2O2. The van der Waals surface area contributed by atoms with Crippen molar-refractivity contribution in [1.29, 1.82) is 0 Å². The lowest BCUT2D eigenvalue weighted by Gasteiger charge is -2.19. The van der Waals surface area contributed by atoms with Gasteiger partial charge < -0.3 is 15.0 Å². The van der Waals surface area contributed by atoms with Gasteiger partial charge in [-0.05, 0) is 46.9 Å². The van der Waals surface area contributed by atoms with Gasteiger partial charge in [-0.1, -0.05) is 54.6 Å². The Hall–Kier alpha value is -3.11. The molecule has 0 aliphatic carbocycles. The summed E-state index contributed by atoms with van der Waals surface area (Å²) in [5.74, 6) is -0.0688. The molecule has 0 saturated carbocycles. The second-order valence-electron chi connectivity index (χ2n) is 7.43. The molecule has 0 spiro atoms. The SMILES string of the molecule is COCc1cccc(C(=O)NCc2ccc(CN3CCc4ccccc43)cc2)c1. The number of nitrogens with one attached hydrogen (secondary N) is 1. The van der Waals surface area contributed by atoms with Gasteiger partial charge in [0.1, 0.15) is 0 Å². The molecule has 1 amide bonds. The number of hydrogen-bond donors (Lipinski definition) is 1. The molecule has 0 fully saturated rings. The minimum absolute atomic E-state index is 0.0688. The van der Waals surface area contributed by atoms with Crippen LogP contribution in [0.1, 0.15) is 32.6 Å². The summed E-state index contributed by atoms with van der Waals surface area (Å²) in [5, 5.41) is 3.00. The maximum atomic E-state index is 12.4. The third kappa shape index (κ3) is 4.66. The lowest BCUT2D eigenvalue weighted by atomic mass is 10.1. The molecule has 0 unspecified atom stereocenters. The number of hydrogen-bond acceptors (Lipinski definition) is 3. The van der Waals surface area contributed by atoms with E-state index in [0.29, 0.717) is 18.7 Å². The van der Waals surface area contributed by atoms with Crippen molar-refractivity contribution in [3.63, 3.8) is 0 Å². The second kappa shape index (κ2) is 8.93. The van der Waals surface area contributed by atoms with Gasteiger partial charge >= 0.3 is 0 Å². The third-order valence-corrected chi connectivity index (χ3v) is 5.33. The van der Waals surface area contributed by atoms with Crippen LogP contribution in [0.15, 0.2) is 72.8 Å². The van der Waals surface area contributed by atoms with Crippen molar-refractivity contribution in [2.24, 2.45) is 0 Å². The maximum absolute atomic E-state index is 12.4. The van der Waals surface area contributed by atoms with Crippen LogP contribution in [0.2, 0.25) is 0 Å². The summed E-state index contributed by atoms with van der Waals surface area (Å²) in [7, 11) is 1.65. The van der Waals surface area contributed by atoms with Gasteiger partial charge in [-0.25, -0.2) is 0 Å². The lowest BCUT2D eigenvalue weighted by Crippen LogP contribution is -2.23. The number of ether oxygens (including phenoxy) is 1. The number of methoxy groups -OCH3 is 1. The van der Waals surface area contributed by atoms with E-state index in [1.54, 1.807) is 7.11 Å². The van der Waals surface area contributed by atoms with Crippen LogP contribution < -0.4 is 10.2 Å². The minimum Gasteiger partial charge on any atom is -0.380 e. The molecule has 4 heteroatoms. The number of benzene rings is 3. The zero-order valence-electron chi connectivity index (χ0n) is 16.7. The Morgan fingerprint density at radius 3 is 2.59 bits per heavy atom. The number of rotatable bonds is 7. The van der Waals surface area contributed by atoms with Crippen molar-refractivity contribution in [3.8, 4) is 0 Å². The fraction of sp³-hybridized carbons (Fsp3) is 0.240. The zero-order valence-corrected chi connectivity index (χ0v) is 16.7. The van der Waals surface area contributed by atoms with Crippen molar-refractivity contribution in [2.45, 2.75) is 26.1 Å². The van der Waals surface area contributed by atoms with Crippen LogP contribution in [-0.2, 0) is 30.9 Å². The average molecular weight is 386 g/mol. The van der Waals surface area contributed by atoms with E-state index in [2.05, 4.69) is 58.7 Å². The smallest absolute Gasteiger partial charge is 0.251 e. The summed E-state index contributed by atoms with van der Waals surface area (Å²) in [5.41, 5.74) is 6.80. The maximum Gasteiger partial charge on any atom is 0.251 e. The van der Waals surface area contributed by atoms with Crippen molar-refractivity contribution >= 4 is 11.6 Å². The van der Waals surface area contributed by atoms with E-state index in [1.165, 1.54) is 16.8 Å². The van der Waals surface area contributed by atoms with E-state index in [-0.39, 0.29) is 5.91 Å². The van der Waals surface area contributed by atoms with Crippen LogP contribution in [0, 0.1) is 0 Å². The van der Waals surface area contributed by atoms with Gasteiger partial charge in [-0.2, -0.15) is 0 Å². The Morgan fingerprint density at radius 1 is 0.966 bits per heavy atom. The lowest BCUT2D eigenvalue weighted by molar-refractivity contribution is 0.0950. The first-order chi connectivity index (χ1) is 14.2. The van der Waals surface area contributed by atoms with Crippen LogP contribution in [0.25, 0.3) is 0 Å². The van der Waals surface area contributed by atoms with E-state index < -0.39 is 0 Å². The highest BCUT2D eigenvalue weighted by molar-refractivity contribution is 5.94. The molecule has 0 radical (unpaired) electrons. The summed E-state index contributed by atoms with van der Waals surface area (Å²) in [6.07, 6.45) is 1.12. The Morgan fingerprint density at radius 2 is 1.76 bits per heavy atom. The number of nitrogens with zero attached hydrogens (tertiary/aromatic N) is 1. The van der Waals surface area contributed by atoms with Crippen molar-refractivity contribution in [2.75, 3.05) is 18.6 Å². The van der Waals surface area contributed by atoms with Crippen LogP contribution >= 0.6 is 0 Å². The molecule has 3 aromatic rings. The Balaban J connectivity index is 1.33. The van der Waals surface area contributed by atoms with Gasteiger partial charge in [-0.15, -0.1) is 0 Å². The quantitative estimate of drug-likeness (QED) is 0.657. The van der Waals surface area contributed by atoms with Crippen molar-refractivity contribution in [3.05, 3.63) is 101 Å². The fourth-order valence-electron chi connectivity index (χ4n) is 3.81. The van der Waals surface area contributed by atoms with Gasteiger partial charge in [0.15, 0.2) is 0 Å². The summed E-state index contributed by atoms with van der Waals surface area (Å²) in [6, 6.07) is 24.7. The van der Waals surface area contributed by atoms with E-state index >= 15 is 0 Å². The molecular weight excluding hydrogens is 360 g/mol. The summed E-state index contributed by atoms with van der Waals surface area (Å²) >= 11 is 0. The molecule has 148 valence electrons. The van der Waals surface area contributed by atoms with E-state index in [1.807, 2.05) is 24.3 Å². The van der Waals surface area contributed by atoms with Crippen LogP contribution in [-0.4, -0.2) is 19.6 Å². The second-order valence-corrected chi connectivity index (χ2v) is 7.43. The molecule has 4 nitrogen and oxygen atoms in total. The number of carbonyl (C=O) groups is 1. The predicted molar refractivity (Wildman–Crippen MR) is 116 cm³/mol. The van der Waals surface area contributed by atoms with Gasteiger partial charge in [0.25, 0.3) is 5.91 Å². The van der Waals surface area contributed by atoms with Gasteiger partial charge in [0.05, 0.1) is 6.61 Å². The van der Waals surface area contributed by atoms with E-state index in [4.69, 9.17) is 4.74 Å². The first-order valence-electron chi connectivity index (χ1n) is 9.99. The molecule has 3 aromatic carbocycles. The van der Waals surface area contributed by atoms with E-state index in [0.717, 1.165) is 30.6 Å². The number of amides is 1. The van der Waals surface area contributed by atoms with E-state index in [9.17, 15) is 4.79 Å². The first-order valence-corrected chi connectivity index (χ1v) is 9.99. The van der Waals surface area contributed by atoms with Crippen molar-refractivity contribution < 1.29 is 9.53 Å². The summed E-state index contributed by atoms with van der Waals surface area (Å²) in [4.78, 5) is 14.9. The minimum atomic E-state index is -0.0688. The zero-order chi connectivity index (χ0) is 20.1. The molecule has 29 heavy (non-hydrogen) atoms. The van der Waals surface area contributed by atoms with Gasteiger partial charge in [0.2, 0.25) is 0 Å². The largest absolute Gasteiger partial charge is 0.380 e. The fourth-order valence-corrected chi connectivity index (χ4v) is 3.81. The molecule has 4 rings (SSSR count).